The Hall–Kier alpha value is -4.54. The van der Waals surface area contributed by atoms with Crippen LogP contribution in [0.3, 0.4) is 0 Å². The molecule has 0 heterocycles. The smallest absolute Gasteiger partial charge is 0.335 e. The number of anilines is 1. The number of hydrogen-bond acceptors (Lipinski definition) is 5. The highest BCUT2D eigenvalue weighted by molar-refractivity contribution is 6.30. The van der Waals surface area contributed by atoms with Crippen LogP contribution in [0.2, 0.25) is 5.02 Å². The lowest BCUT2D eigenvalue weighted by molar-refractivity contribution is -0.112. The van der Waals surface area contributed by atoms with Crippen molar-refractivity contribution in [3.63, 3.8) is 0 Å². The molecule has 0 saturated heterocycles. The van der Waals surface area contributed by atoms with Gasteiger partial charge in [-0.05, 0) is 72.2 Å². The summed E-state index contributed by atoms with van der Waals surface area (Å²) >= 11 is 5.88. The zero-order valence-corrected chi connectivity index (χ0v) is 20.2. The molecule has 36 heavy (non-hydrogen) atoms. The van der Waals surface area contributed by atoms with Crippen molar-refractivity contribution >= 4 is 35.2 Å². The quantitative estimate of drug-likeness (QED) is 0.203. The number of allylic oxidation sites excluding steroid dienone is 1. The molecule has 0 aromatic heterocycles. The molecule has 0 aliphatic heterocycles. The molecule has 0 unspecified atom stereocenters. The van der Waals surface area contributed by atoms with Crippen molar-refractivity contribution in [2.24, 2.45) is 0 Å². The molecule has 7 nitrogen and oxygen atoms in total. The monoisotopic (exact) mass is 502 g/mol. The number of hydrogen-bond donors (Lipinski definition) is 2. The van der Waals surface area contributed by atoms with Gasteiger partial charge in [-0.15, -0.1) is 6.58 Å². The summed E-state index contributed by atoms with van der Waals surface area (Å²) in [6, 6.07) is 18.3. The van der Waals surface area contributed by atoms with Gasteiger partial charge in [-0.3, -0.25) is 4.79 Å². The molecular formula is C28H23ClN2O5. The Kier molecular flexibility index (Phi) is 8.87. The summed E-state index contributed by atoms with van der Waals surface area (Å²) in [5, 5.41) is 21.9. The summed E-state index contributed by atoms with van der Waals surface area (Å²) < 4.78 is 11.6. The molecule has 0 aliphatic rings. The summed E-state index contributed by atoms with van der Waals surface area (Å²) in [5.74, 6) is -0.659. The normalized spacial score (nSPS) is 10.8. The van der Waals surface area contributed by atoms with Gasteiger partial charge in [-0.25, -0.2) is 4.79 Å². The van der Waals surface area contributed by atoms with Crippen LogP contribution in [0, 0.1) is 11.3 Å². The van der Waals surface area contributed by atoms with E-state index in [-0.39, 0.29) is 17.7 Å². The Labute approximate surface area is 213 Å². The molecule has 3 rings (SSSR count). The number of nitriles is 1. The van der Waals surface area contributed by atoms with E-state index in [1.165, 1.54) is 25.3 Å². The van der Waals surface area contributed by atoms with E-state index in [4.69, 9.17) is 26.2 Å². The Bertz CT molecular complexity index is 1340. The number of benzene rings is 3. The Morgan fingerprint density at radius 2 is 1.83 bits per heavy atom. The minimum Gasteiger partial charge on any atom is -0.493 e. The van der Waals surface area contributed by atoms with E-state index in [0.717, 1.165) is 11.1 Å². The molecule has 2 N–H and O–H groups in total. The van der Waals surface area contributed by atoms with Crippen molar-refractivity contribution in [1.82, 2.24) is 0 Å². The molecule has 182 valence electrons. The van der Waals surface area contributed by atoms with Gasteiger partial charge in [-0.1, -0.05) is 29.8 Å². The fraction of sp³-hybridized carbons (Fsp3) is 0.107. The minimum atomic E-state index is -1.00. The number of nitrogens with zero attached hydrogens (tertiary/aromatic N) is 1. The van der Waals surface area contributed by atoms with Crippen molar-refractivity contribution < 1.29 is 24.2 Å². The van der Waals surface area contributed by atoms with Gasteiger partial charge in [0.25, 0.3) is 5.91 Å². The summed E-state index contributed by atoms with van der Waals surface area (Å²) in [4.78, 5) is 23.7. The van der Waals surface area contributed by atoms with Gasteiger partial charge in [0.1, 0.15) is 18.2 Å². The van der Waals surface area contributed by atoms with Crippen molar-refractivity contribution in [1.29, 1.82) is 5.26 Å². The van der Waals surface area contributed by atoms with E-state index in [9.17, 15) is 14.9 Å². The second kappa shape index (κ2) is 12.2. The van der Waals surface area contributed by atoms with Crippen LogP contribution in [-0.4, -0.2) is 24.1 Å². The molecule has 8 heteroatoms. The lowest BCUT2D eigenvalue weighted by Gasteiger charge is -2.16. The van der Waals surface area contributed by atoms with Crippen LogP contribution >= 0.6 is 11.6 Å². The standard InChI is InChI=1S/C28H23ClN2O5/c1-3-4-21-13-19(14-22(16-30)27(32)31-24-11-9-23(29)10-12-24)15-25(35-2)26(21)36-17-18-5-7-20(8-6-18)28(33)34/h3,5-15H,1,4,17H2,2H3,(H,31,32)(H,33,34)/b22-14+. The number of methoxy groups -OCH3 is 1. The molecule has 0 radical (unpaired) electrons. The summed E-state index contributed by atoms with van der Waals surface area (Å²) in [6.45, 7) is 3.97. The van der Waals surface area contributed by atoms with Crippen molar-refractivity contribution in [2.75, 3.05) is 12.4 Å². The molecule has 3 aromatic carbocycles. The largest absolute Gasteiger partial charge is 0.493 e. The highest BCUT2D eigenvalue weighted by Crippen LogP contribution is 2.35. The van der Waals surface area contributed by atoms with Gasteiger partial charge in [-0.2, -0.15) is 5.26 Å². The molecule has 0 aliphatic carbocycles. The van der Waals surface area contributed by atoms with Crippen LogP contribution < -0.4 is 14.8 Å². The third-order valence-electron chi connectivity index (χ3n) is 5.10. The first-order valence-electron chi connectivity index (χ1n) is 10.8. The van der Waals surface area contributed by atoms with E-state index < -0.39 is 11.9 Å². The van der Waals surface area contributed by atoms with Gasteiger partial charge >= 0.3 is 5.97 Å². The number of nitrogens with one attached hydrogen (secondary N) is 1. The third kappa shape index (κ3) is 6.75. The molecule has 1 amide bonds. The van der Waals surface area contributed by atoms with Gasteiger partial charge in [0.2, 0.25) is 0 Å². The lowest BCUT2D eigenvalue weighted by atomic mass is 10.0. The predicted octanol–water partition coefficient (Wildman–Crippen LogP) is 5.90. The van der Waals surface area contributed by atoms with Crippen LogP contribution in [-0.2, 0) is 17.8 Å². The topological polar surface area (TPSA) is 109 Å². The van der Waals surface area contributed by atoms with E-state index in [2.05, 4.69) is 11.9 Å². The van der Waals surface area contributed by atoms with Gasteiger partial charge in [0.05, 0.1) is 12.7 Å². The summed E-state index contributed by atoms with van der Waals surface area (Å²) in [7, 11) is 1.49. The number of amides is 1. The third-order valence-corrected chi connectivity index (χ3v) is 5.35. The first kappa shape index (κ1) is 26.1. The number of rotatable bonds is 10. The maximum Gasteiger partial charge on any atom is 0.335 e. The molecule has 0 bridgehead atoms. The molecule has 3 aromatic rings. The van der Waals surface area contributed by atoms with Crippen LogP contribution in [0.15, 0.2) is 78.9 Å². The van der Waals surface area contributed by atoms with E-state index >= 15 is 0 Å². The Balaban J connectivity index is 1.87. The highest BCUT2D eigenvalue weighted by Gasteiger charge is 2.15. The van der Waals surface area contributed by atoms with Crippen molar-refractivity contribution in [2.45, 2.75) is 13.0 Å². The number of aromatic carboxylic acids is 1. The van der Waals surface area contributed by atoms with E-state index in [1.807, 2.05) is 6.07 Å². The maximum absolute atomic E-state index is 12.6. The fourth-order valence-corrected chi connectivity index (χ4v) is 3.46. The fourth-order valence-electron chi connectivity index (χ4n) is 3.34. The van der Waals surface area contributed by atoms with Crippen molar-refractivity contribution in [3.05, 3.63) is 106 Å². The molecular weight excluding hydrogens is 480 g/mol. The maximum atomic E-state index is 12.6. The highest BCUT2D eigenvalue weighted by atomic mass is 35.5. The summed E-state index contributed by atoms with van der Waals surface area (Å²) in [5.41, 5.74) is 2.70. The lowest BCUT2D eigenvalue weighted by Crippen LogP contribution is -2.13. The summed E-state index contributed by atoms with van der Waals surface area (Å²) in [6.07, 6.45) is 3.62. The molecule has 0 fully saturated rings. The van der Waals surface area contributed by atoms with Crippen LogP contribution in [0.5, 0.6) is 11.5 Å². The zero-order valence-electron chi connectivity index (χ0n) is 19.5. The van der Waals surface area contributed by atoms with Crippen molar-refractivity contribution in [3.8, 4) is 17.6 Å². The van der Waals surface area contributed by atoms with E-state index in [1.54, 1.807) is 54.6 Å². The van der Waals surface area contributed by atoms with Crippen LogP contribution in [0.1, 0.15) is 27.0 Å². The number of carbonyl (C=O) groups is 2. The SMILES string of the molecule is C=CCc1cc(/C=C(\C#N)C(=O)Nc2ccc(Cl)cc2)cc(OC)c1OCc1ccc(C(=O)O)cc1. The molecule has 0 spiro atoms. The first-order chi connectivity index (χ1) is 17.3. The minimum absolute atomic E-state index is 0.0938. The Morgan fingerprint density at radius 1 is 1.14 bits per heavy atom. The number of ether oxygens (including phenoxy) is 2. The zero-order chi connectivity index (χ0) is 26.1. The molecule has 0 atom stereocenters. The number of carboxylic acids is 1. The van der Waals surface area contributed by atoms with Gasteiger partial charge in [0, 0.05) is 16.3 Å². The number of carbonyl (C=O) groups excluding carboxylic acids is 1. The van der Waals surface area contributed by atoms with Gasteiger partial charge < -0.3 is 19.9 Å². The second-order valence-electron chi connectivity index (χ2n) is 7.63. The average Bonchev–Trinajstić information content (AvgIpc) is 2.88. The molecule has 0 saturated carbocycles. The van der Waals surface area contributed by atoms with Crippen LogP contribution in [0.4, 0.5) is 5.69 Å². The Morgan fingerprint density at radius 3 is 2.42 bits per heavy atom. The predicted molar refractivity (Wildman–Crippen MR) is 138 cm³/mol. The number of halogens is 1. The van der Waals surface area contributed by atoms with Gasteiger partial charge in [0.15, 0.2) is 11.5 Å². The second-order valence-corrected chi connectivity index (χ2v) is 8.06. The number of carboxylic acid groups (broad SMARTS) is 1. The van der Waals surface area contributed by atoms with E-state index in [0.29, 0.717) is 34.2 Å². The first-order valence-corrected chi connectivity index (χ1v) is 11.2. The average molecular weight is 503 g/mol. The van der Waals surface area contributed by atoms with Crippen LogP contribution in [0.25, 0.3) is 6.08 Å².